The molecule has 4 rings (SSSR count). The number of ether oxygens (including phenoxy) is 2. The third kappa shape index (κ3) is 4.98. The van der Waals surface area contributed by atoms with Gasteiger partial charge in [0.1, 0.15) is 0 Å². The van der Waals surface area contributed by atoms with Crippen LogP contribution in [0.15, 0.2) is 71.1 Å². The van der Waals surface area contributed by atoms with Gasteiger partial charge >= 0.3 is 6.61 Å². The van der Waals surface area contributed by atoms with E-state index in [1.165, 1.54) is 25.3 Å². The normalized spacial score (nSPS) is 10.8. The maximum absolute atomic E-state index is 12.6. The van der Waals surface area contributed by atoms with Crippen LogP contribution in [0.25, 0.3) is 22.9 Å². The van der Waals surface area contributed by atoms with Crippen molar-refractivity contribution in [2.45, 2.75) is 13.5 Å². The third-order valence-electron chi connectivity index (χ3n) is 4.83. The first-order valence-electron chi connectivity index (χ1n) is 9.88. The molecule has 1 aromatic heterocycles. The molecule has 0 saturated carbocycles. The summed E-state index contributed by atoms with van der Waals surface area (Å²) in [6.45, 7) is -1.06. The van der Waals surface area contributed by atoms with Crippen LogP contribution in [0.3, 0.4) is 0 Å². The quantitative estimate of drug-likeness (QED) is 0.395. The van der Waals surface area contributed by atoms with Crippen LogP contribution in [0.4, 0.5) is 14.5 Å². The predicted octanol–water partition coefficient (Wildman–Crippen LogP) is 5.57. The fourth-order valence-electron chi connectivity index (χ4n) is 3.17. The van der Waals surface area contributed by atoms with Crippen molar-refractivity contribution in [3.8, 4) is 34.4 Å². The first-order valence-corrected chi connectivity index (χ1v) is 9.88. The molecule has 3 aromatic carbocycles. The van der Waals surface area contributed by atoms with Crippen LogP contribution in [-0.2, 0) is 0 Å². The van der Waals surface area contributed by atoms with Crippen LogP contribution in [0.5, 0.6) is 11.5 Å². The Hall–Kier alpha value is -4.27. The summed E-state index contributed by atoms with van der Waals surface area (Å²) in [5.74, 6) is 0.250. The van der Waals surface area contributed by atoms with Gasteiger partial charge in [-0.2, -0.15) is 8.78 Å². The Labute approximate surface area is 188 Å². The molecule has 168 valence electrons. The lowest BCUT2D eigenvalue weighted by Gasteiger charge is -2.12. The lowest BCUT2D eigenvalue weighted by molar-refractivity contribution is -0.0511. The number of aryl methyl sites for hydroxylation is 1. The van der Waals surface area contributed by atoms with E-state index in [1.54, 1.807) is 24.3 Å². The average Bonchev–Trinajstić information content (AvgIpc) is 3.29. The zero-order valence-corrected chi connectivity index (χ0v) is 17.7. The Kier molecular flexibility index (Phi) is 6.30. The van der Waals surface area contributed by atoms with Gasteiger partial charge < -0.3 is 19.2 Å². The number of carbonyl (C=O) groups is 1. The van der Waals surface area contributed by atoms with Gasteiger partial charge in [0.25, 0.3) is 5.91 Å². The number of nitrogens with one attached hydrogen (secondary N) is 1. The molecule has 33 heavy (non-hydrogen) atoms. The lowest BCUT2D eigenvalue weighted by Crippen LogP contribution is -2.12. The highest BCUT2D eigenvalue weighted by atomic mass is 19.3. The maximum atomic E-state index is 12.6. The van der Waals surface area contributed by atoms with Crippen LogP contribution in [0.1, 0.15) is 15.9 Å². The molecule has 0 bridgehead atoms. The second-order valence-corrected chi connectivity index (χ2v) is 7.00. The van der Waals surface area contributed by atoms with E-state index in [2.05, 4.69) is 20.3 Å². The number of nitrogens with zero attached hydrogens (tertiary/aromatic N) is 2. The highest BCUT2D eigenvalue weighted by molar-refractivity contribution is 6.04. The first-order chi connectivity index (χ1) is 15.9. The molecular weight excluding hydrogens is 432 g/mol. The Bertz CT molecular complexity index is 1270. The van der Waals surface area contributed by atoms with Gasteiger partial charge in [0, 0.05) is 28.4 Å². The number of carbonyl (C=O) groups excluding carboxylic acids is 1. The van der Waals surface area contributed by atoms with Crippen LogP contribution in [0, 0.1) is 6.92 Å². The number of methoxy groups -OCH3 is 1. The van der Waals surface area contributed by atoms with Crippen LogP contribution >= 0.6 is 0 Å². The summed E-state index contributed by atoms with van der Waals surface area (Å²) in [6, 6.07) is 18.5. The number of hydrogen-bond acceptors (Lipinski definition) is 6. The summed E-state index contributed by atoms with van der Waals surface area (Å²) in [6.07, 6.45) is 0. The second-order valence-electron chi connectivity index (χ2n) is 7.00. The van der Waals surface area contributed by atoms with E-state index in [0.29, 0.717) is 22.9 Å². The zero-order valence-electron chi connectivity index (χ0n) is 17.7. The molecule has 4 aromatic rings. The molecule has 0 spiro atoms. The van der Waals surface area contributed by atoms with E-state index in [9.17, 15) is 13.6 Å². The number of hydrogen-bond donors (Lipinski definition) is 1. The van der Waals surface area contributed by atoms with E-state index in [4.69, 9.17) is 9.15 Å². The molecule has 0 fully saturated rings. The van der Waals surface area contributed by atoms with E-state index in [1.807, 2.05) is 31.2 Å². The minimum Gasteiger partial charge on any atom is -0.493 e. The standard InChI is InChI=1S/C24H19F2N3O4/c1-14-5-3-4-6-18(14)23-29-28-22(33-23)16-9-7-15(8-10-16)21(30)27-17-11-12-19(31-2)20(13-17)32-24(25)26/h3-13,24H,1-2H3,(H,27,30). The fraction of sp³-hybridized carbons (Fsp3) is 0.125. The Morgan fingerprint density at radius 2 is 1.70 bits per heavy atom. The van der Waals surface area contributed by atoms with E-state index < -0.39 is 12.5 Å². The summed E-state index contributed by atoms with van der Waals surface area (Å²) < 4.78 is 40.4. The van der Waals surface area contributed by atoms with Crippen LogP contribution < -0.4 is 14.8 Å². The van der Waals surface area contributed by atoms with E-state index >= 15 is 0 Å². The molecule has 1 amide bonds. The Morgan fingerprint density at radius 3 is 2.39 bits per heavy atom. The van der Waals surface area contributed by atoms with Crippen molar-refractivity contribution >= 4 is 11.6 Å². The number of benzene rings is 3. The predicted molar refractivity (Wildman–Crippen MR) is 117 cm³/mol. The SMILES string of the molecule is COc1ccc(NC(=O)c2ccc(-c3nnc(-c4ccccc4C)o3)cc2)cc1OC(F)F. The number of amides is 1. The van der Waals surface area contributed by atoms with Gasteiger partial charge in [-0.25, -0.2) is 0 Å². The van der Waals surface area contributed by atoms with Crippen molar-refractivity contribution in [1.82, 2.24) is 10.2 Å². The molecule has 0 aliphatic rings. The van der Waals surface area contributed by atoms with Gasteiger partial charge in [-0.05, 0) is 55.0 Å². The number of aromatic nitrogens is 2. The van der Waals surface area contributed by atoms with Gasteiger partial charge in [-0.1, -0.05) is 18.2 Å². The number of alkyl halides is 2. The molecule has 0 aliphatic heterocycles. The highest BCUT2D eigenvalue weighted by Crippen LogP contribution is 2.32. The molecule has 9 heteroatoms. The largest absolute Gasteiger partial charge is 0.493 e. The average molecular weight is 451 g/mol. The van der Waals surface area contributed by atoms with Gasteiger partial charge in [0.2, 0.25) is 11.8 Å². The third-order valence-corrected chi connectivity index (χ3v) is 4.83. The molecule has 0 unspecified atom stereocenters. The van der Waals surface area contributed by atoms with Crippen LogP contribution in [0.2, 0.25) is 0 Å². The zero-order chi connectivity index (χ0) is 23.4. The molecule has 0 radical (unpaired) electrons. The summed E-state index contributed by atoms with van der Waals surface area (Å²) >= 11 is 0. The number of anilines is 1. The molecular formula is C24H19F2N3O4. The van der Waals surface area contributed by atoms with Crippen molar-refractivity contribution in [3.63, 3.8) is 0 Å². The van der Waals surface area contributed by atoms with Gasteiger partial charge in [0.05, 0.1) is 7.11 Å². The van der Waals surface area contributed by atoms with Crippen molar-refractivity contribution in [1.29, 1.82) is 0 Å². The monoisotopic (exact) mass is 451 g/mol. The van der Waals surface area contributed by atoms with Crippen molar-refractivity contribution in [2.24, 2.45) is 0 Å². The summed E-state index contributed by atoms with van der Waals surface area (Å²) in [4.78, 5) is 12.6. The van der Waals surface area contributed by atoms with Crippen molar-refractivity contribution < 1.29 is 27.5 Å². The fourth-order valence-corrected chi connectivity index (χ4v) is 3.17. The smallest absolute Gasteiger partial charge is 0.387 e. The first kappa shape index (κ1) is 21.9. The number of rotatable bonds is 7. The minimum absolute atomic E-state index is 0.127. The molecule has 0 atom stereocenters. The summed E-state index contributed by atoms with van der Waals surface area (Å²) in [5, 5.41) is 10.8. The topological polar surface area (TPSA) is 86.5 Å². The Balaban J connectivity index is 1.49. The van der Waals surface area contributed by atoms with E-state index in [0.717, 1.165) is 11.1 Å². The van der Waals surface area contributed by atoms with Gasteiger partial charge in [0.15, 0.2) is 11.5 Å². The van der Waals surface area contributed by atoms with Crippen molar-refractivity contribution in [3.05, 3.63) is 77.9 Å². The lowest BCUT2D eigenvalue weighted by atomic mass is 10.1. The van der Waals surface area contributed by atoms with Gasteiger partial charge in [-0.15, -0.1) is 10.2 Å². The molecule has 0 aliphatic carbocycles. The molecule has 0 saturated heterocycles. The van der Waals surface area contributed by atoms with Crippen LogP contribution in [-0.4, -0.2) is 29.8 Å². The maximum Gasteiger partial charge on any atom is 0.387 e. The number of halogens is 2. The molecule has 1 heterocycles. The summed E-state index contributed by atoms with van der Waals surface area (Å²) in [5.41, 5.74) is 3.14. The highest BCUT2D eigenvalue weighted by Gasteiger charge is 2.15. The van der Waals surface area contributed by atoms with E-state index in [-0.39, 0.29) is 17.2 Å². The van der Waals surface area contributed by atoms with Gasteiger partial charge in [-0.3, -0.25) is 4.79 Å². The van der Waals surface area contributed by atoms with Crippen molar-refractivity contribution in [2.75, 3.05) is 12.4 Å². The molecule has 7 nitrogen and oxygen atoms in total. The summed E-state index contributed by atoms with van der Waals surface area (Å²) in [7, 11) is 1.33. The second kappa shape index (κ2) is 9.47. The molecule has 1 N–H and O–H groups in total. The minimum atomic E-state index is -3.02. The Morgan fingerprint density at radius 1 is 0.970 bits per heavy atom.